The normalized spacial score (nSPS) is 13.5. The van der Waals surface area contributed by atoms with E-state index in [1.54, 1.807) is 31.5 Å². The van der Waals surface area contributed by atoms with E-state index in [2.05, 4.69) is 39.0 Å². The van der Waals surface area contributed by atoms with Crippen molar-refractivity contribution in [2.24, 2.45) is 0 Å². The number of piperazine rings is 1. The molecule has 0 bridgehead atoms. The fraction of sp³-hybridized carbons (Fsp3) is 0.220. The van der Waals surface area contributed by atoms with Crippen LogP contribution in [-0.4, -0.2) is 61.0 Å². The van der Waals surface area contributed by atoms with Gasteiger partial charge in [-0.05, 0) is 65.7 Å². The highest BCUT2D eigenvalue weighted by Gasteiger charge is 2.21. The molecule has 0 N–H and O–H groups in total. The van der Waals surface area contributed by atoms with Crippen molar-refractivity contribution in [3.05, 3.63) is 148 Å². The Morgan fingerprint density at radius 1 is 0.804 bits per heavy atom. The number of pyridine rings is 1. The number of carbonyl (C=O) groups is 1. The molecule has 8 nitrogen and oxygen atoms in total. The first-order valence-corrected chi connectivity index (χ1v) is 17.5. The zero-order valence-corrected chi connectivity index (χ0v) is 29.9. The van der Waals surface area contributed by atoms with Gasteiger partial charge in [-0.25, -0.2) is 4.98 Å². The summed E-state index contributed by atoms with van der Waals surface area (Å²) in [7, 11) is 1.59. The summed E-state index contributed by atoms with van der Waals surface area (Å²) in [6, 6.07) is 32.9. The number of aromatic nitrogens is 1. The largest absolute Gasteiger partial charge is 0.493 e. The molecule has 4 aromatic carbocycles. The first-order valence-electron chi connectivity index (χ1n) is 16.7. The standard InChI is InChI=1S/C41H39Cl2N3O5/c1-48-40-26-32(10-16-39(40)51-41-17-15-36(27-44-41)50-29-33-4-2-3-5-37(33)43)38(18-24-47)46-22-20-45(21-23-46)28-31-8-6-30(7-9-31)19-25-49-35-13-11-34(42)12-14-35/h2-18,24,26-27H,19-23,25,28-29H2,1H3/b38-18+. The zero-order valence-electron chi connectivity index (χ0n) is 28.3. The Bertz CT molecular complexity index is 1910. The third kappa shape index (κ3) is 10.0. The number of hydrogen-bond acceptors (Lipinski definition) is 8. The predicted molar refractivity (Wildman–Crippen MR) is 201 cm³/mol. The Morgan fingerprint density at radius 2 is 1.55 bits per heavy atom. The molecule has 0 radical (unpaired) electrons. The van der Waals surface area contributed by atoms with E-state index in [1.807, 2.05) is 66.7 Å². The molecule has 262 valence electrons. The molecule has 6 rings (SSSR count). The van der Waals surface area contributed by atoms with Crippen LogP contribution in [0.4, 0.5) is 0 Å². The molecule has 51 heavy (non-hydrogen) atoms. The van der Waals surface area contributed by atoms with Crippen LogP contribution in [0.3, 0.4) is 0 Å². The van der Waals surface area contributed by atoms with Gasteiger partial charge in [0, 0.05) is 78.2 Å². The van der Waals surface area contributed by atoms with E-state index < -0.39 is 0 Å². The number of nitrogens with zero attached hydrogens (tertiary/aromatic N) is 3. The summed E-state index contributed by atoms with van der Waals surface area (Å²) in [5.41, 5.74) is 5.11. The van der Waals surface area contributed by atoms with Crippen molar-refractivity contribution in [3.63, 3.8) is 0 Å². The molecule has 10 heteroatoms. The van der Waals surface area contributed by atoms with Crippen molar-refractivity contribution in [2.45, 2.75) is 19.6 Å². The predicted octanol–water partition coefficient (Wildman–Crippen LogP) is 8.75. The molecule has 1 aliphatic rings. The Morgan fingerprint density at radius 3 is 2.25 bits per heavy atom. The van der Waals surface area contributed by atoms with Crippen LogP contribution in [0.5, 0.6) is 28.9 Å². The van der Waals surface area contributed by atoms with Crippen LogP contribution in [0.25, 0.3) is 5.70 Å². The number of hydrogen-bond donors (Lipinski definition) is 0. The second kappa shape index (κ2) is 17.8. The number of methoxy groups -OCH3 is 1. The number of halogens is 2. The van der Waals surface area contributed by atoms with Gasteiger partial charge >= 0.3 is 0 Å². The number of rotatable bonds is 15. The van der Waals surface area contributed by atoms with Crippen molar-refractivity contribution in [1.29, 1.82) is 0 Å². The van der Waals surface area contributed by atoms with Gasteiger partial charge in [-0.15, -0.1) is 0 Å². The molecule has 0 atom stereocenters. The molecule has 2 heterocycles. The van der Waals surface area contributed by atoms with E-state index in [4.69, 9.17) is 42.1 Å². The monoisotopic (exact) mass is 723 g/mol. The summed E-state index contributed by atoms with van der Waals surface area (Å²) in [6.07, 6.45) is 4.88. The van der Waals surface area contributed by atoms with Crippen LogP contribution in [0.2, 0.25) is 10.0 Å². The molecule has 1 fully saturated rings. The topological polar surface area (TPSA) is 73.4 Å². The SMILES string of the molecule is COc1cc(/C(=C\C=O)N2CCN(Cc3ccc(CCOc4ccc(Cl)cc4)cc3)CC2)ccc1Oc1ccc(OCc2ccccc2Cl)cn1. The number of benzene rings is 4. The van der Waals surface area contributed by atoms with E-state index in [1.165, 1.54) is 11.1 Å². The maximum Gasteiger partial charge on any atom is 0.219 e. The van der Waals surface area contributed by atoms with E-state index in [0.29, 0.717) is 46.4 Å². The smallest absolute Gasteiger partial charge is 0.219 e. The molecule has 1 aromatic heterocycles. The van der Waals surface area contributed by atoms with Gasteiger partial charge in [-0.3, -0.25) is 9.69 Å². The summed E-state index contributed by atoms with van der Waals surface area (Å²) in [5.74, 6) is 2.85. The minimum absolute atomic E-state index is 0.334. The lowest BCUT2D eigenvalue weighted by Crippen LogP contribution is -2.44. The molecule has 1 aliphatic heterocycles. The molecule has 0 spiro atoms. The highest BCUT2D eigenvalue weighted by atomic mass is 35.5. The molecule has 5 aromatic rings. The summed E-state index contributed by atoms with van der Waals surface area (Å²) in [5, 5.41) is 1.35. The first kappa shape index (κ1) is 35.8. The van der Waals surface area contributed by atoms with Crippen molar-refractivity contribution in [1.82, 2.24) is 14.8 Å². The average Bonchev–Trinajstić information content (AvgIpc) is 3.16. The van der Waals surface area contributed by atoms with Crippen molar-refractivity contribution in [3.8, 4) is 28.9 Å². The molecular weight excluding hydrogens is 685 g/mol. The lowest BCUT2D eigenvalue weighted by atomic mass is 10.1. The van der Waals surface area contributed by atoms with Crippen molar-refractivity contribution >= 4 is 35.2 Å². The second-order valence-electron chi connectivity index (χ2n) is 12.0. The number of carbonyl (C=O) groups excluding carboxylic acids is 1. The summed E-state index contributed by atoms with van der Waals surface area (Å²) in [6.45, 7) is 5.12. The summed E-state index contributed by atoms with van der Waals surface area (Å²) in [4.78, 5) is 20.8. The highest BCUT2D eigenvalue weighted by Crippen LogP contribution is 2.35. The number of allylic oxidation sites excluding steroid dienone is 1. The van der Waals surface area contributed by atoms with Crippen molar-refractivity contribution < 1.29 is 23.7 Å². The maximum absolute atomic E-state index is 11.7. The minimum Gasteiger partial charge on any atom is -0.493 e. The highest BCUT2D eigenvalue weighted by molar-refractivity contribution is 6.31. The van der Waals surface area contributed by atoms with Gasteiger partial charge in [0.05, 0.1) is 19.9 Å². The second-order valence-corrected chi connectivity index (χ2v) is 12.8. The van der Waals surface area contributed by atoms with Crippen LogP contribution in [-0.2, 0) is 24.4 Å². The molecule has 0 aliphatic carbocycles. The zero-order chi connectivity index (χ0) is 35.4. The van der Waals surface area contributed by atoms with Gasteiger partial charge in [0.2, 0.25) is 5.88 Å². The van der Waals surface area contributed by atoms with E-state index >= 15 is 0 Å². The van der Waals surface area contributed by atoms with Gasteiger partial charge in [-0.2, -0.15) is 0 Å². The first-order chi connectivity index (χ1) is 25.0. The van der Waals surface area contributed by atoms with Gasteiger partial charge in [0.1, 0.15) is 24.4 Å². The lowest BCUT2D eigenvalue weighted by molar-refractivity contribution is -0.104. The molecule has 0 saturated carbocycles. The van der Waals surface area contributed by atoms with Gasteiger partial charge < -0.3 is 23.8 Å². The fourth-order valence-corrected chi connectivity index (χ4v) is 6.11. The Hall–Kier alpha value is -5.02. The summed E-state index contributed by atoms with van der Waals surface area (Å²) >= 11 is 12.2. The lowest BCUT2D eigenvalue weighted by Gasteiger charge is -2.37. The van der Waals surface area contributed by atoms with Crippen LogP contribution in [0, 0.1) is 0 Å². The van der Waals surface area contributed by atoms with Gasteiger partial charge in [-0.1, -0.05) is 65.7 Å². The summed E-state index contributed by atoms with van der Waals surface area (Å²) < 4.78 is 23.4. The van der Waals surface area contributed by atoms with Crippen LogP contribution < -0.4 is 18.9 Å². The molecular formula is C41H39Cl2N3O5. The maximum atomic E-state index is 11.7. The third-order valence-electron chi connectivity index (χ3n) is 8.58. The Balaban J connectivity index is 1.000. The molecule has 1 saturated heterocycles. The minimum atomic E-state index is 0.334. The number of aldehydes is 1. The van der Waals surface area contributed by atoms with E-state index in [0.717, 1.165) is 68.0 Å². The third-order valence-corrected chi connectivity index (χ3v) is 9.20. The van der Waals surface area contributed by atoms with Crippen LogP contribution in [0.1, 0.15) is 22.3 Å². The quantitative estimate of drug-likeness (QED) is 0.0785. The number of ether oxygens (including phenoxy) is 4. The van der Waals surface area contributed by atoms with Crippen molar-refractivity contribution in [2.75, 3.05) is 39.9 Å². The van der Waals surface area contributed by atoms with Gasteiger partial charge in [0.15, 0.2) is 11.5 Å². The van der Waals surface area contributed by atoms with Crippen LogP contribution in [0.15, 0.2) is 115 Å². The molecule has 0 amide bonds. The average molecular weight is 725 g/mol. The Labute approximate surface area is 308 Å². The van der Waals surface area contributed by atoms with E-state index in [9.17, 15) is 4.79 Å². The fourth-order valence-electron chi connectivity index (χ4n) is 5.80. The Kier molecular flexibility index (Phi) is 12.5. The molecule has 0 unspecified atom stereocenters. The van der Waals surface area contributed by atoms with Gasteiger partial charge in [0.25, 0.3) is 0 Å². The van der Waals surface area contributed by atoms with E-state index in [-0.39, 0.29) is 0 Å². The van der Waals surface area contributed by atoms with Crippen LogP contribution >= 0.6 is 23.2 Å².